The van der Waals surface area contributed by atoms with Gasteiger partial charge in [0.1, 0.15) is 12.2 Å². The van der Waals surface area contributed by atoms with Crippen LogP contribution in [0.25, 0.3) is 0 Å². The van der Waals surface area contributed by atoms with Crippen LogP contribution >= 0.6 is 63.2 Å². The summed E-state index contributed by atoms with van der Waals surface area (Å²) in [6.45, 7) is 22.0. The van der Waals surface area contributed by atoms with Crippen LogP contribution in [0.5, 0.6) is 0 Å². The zero-order chi connectivity index (χ0) is 90.9. The van der Waals surface area contributed by atoms with Crippen molar-refractivity contribution >= 4 is 63.2 Å². The van der Waals surface area contributed by atoms with Gasteiger partial charge in [0.2, 0.25) is 0 Å². The molecule has 14 heteroatoms. The van der Waals surface area contributed by atoms with Crippen LogP contribution in [0.1, 0.15) is 332 Å². The monoisotopic (exact) mass is 1830 g/mol. The highest BCUT2D eigenvalue weighted by molar-refractivity contribution is 8.00. The predicted octanol–water partition coefficient (Wildman–Crippen LogP) is 36.6. The SMILES string of the molecule is CC/C=C\CC(\C=C/C=C/C=C/C(C/C=C\CCCCCC)OP)OPP.CC/C=C\CC1OC1/C=C/C=C/C=C\C/C=C\CCCCCC.CCC=CCC(C=CC=CC=CC(CC=CCCCCCC)OP)OPP.CCC=CCC1OC1C=CC=CC=CCC=CCCCCCC.CCC=CCC=CCC=CCC=CC=CC(CCCCCC)OP. The Hall–Kier alpha value is -3.77. The predicted molar refractivity (Wildman–Crippen MR) is 581 cm³/mol. The van der Waals surface area contributed by atoms with Crippen LogP contribution in [0.15, 0.2) is 304 Å². The summed E-state index contributed by atoms with van der Waals surface area (Å²) in [5.74, 6) is 0. The molecule has 700 valence electrons. The van der Waals surface area contributed by atoms with Gasteiger partial charge >= 0.3 is 0 Å². The molecule has 2 aliphatic rings. The van der Waals surface area contributed by atoms with Gasteiger partial charge in [-0.25, -0.2) is 0 Å². The molecule has 0 saturated carbocycles. The smallest absolute Gasteiger partial charge is 0.103 e. The summed E-state index contributed by atoms with van der Waals surface area (Å²) in [5.41, 5.74) is 0. The van der Waals surface area contributed by atoms with E-state index in [4.69, 9.17) is 32.1 Å². The molecule has 7 nitrogen and oxygen atoms in total. The van der Waals surface area contributed by atoms with Gasteiger partial charge in [-0.2, -0.15) is 0 Å². The molecule has 2 heterocycles. The van der Waals surface area contributed by atoms with E-state index in [1.165, 1.54) is 154 Å². The molecule has 124 heavy (non-hydrogen) atoms. The standard InChI is InChI=1S/2C22H39O2P3.C22H37OP.2C22H34O/c2*1-3-5-7-8-9-10-14-17-21(23-25)18-15-11-12-16-20-22(24-27-26)19-13-6-4-2;1-3-5-7-9-10-11-12-13-14-15-16-17-19-21-22(23-24)20-18-8-6-4-2;2*1-3-5-7-8-9-10-11-12-13-14-15-16-18-20-22-21(23-22)19-17-6-4-2/h2*6,10-16,18,20-22,27H,3-5,7-9,17,19,25-26H2,1-2H3;5,7,10-11,13-14,16-17,19,21-22H,3-4,6,8-9,12,15,18,20,24H2,1-2H3;2*6,10-11,13-18,20-22H,3-5,7-9,12,19H2,1-2H3/b12-11+,13-6-,14-10-,18-15+,20-16-;;;11-10-,14-13-,16-15+,17-6-,20-18+;. The summed E-state index contributed by atoms with van der Waals surface area (Å²) in [6.07, 6.45) is 158. The molecule has 0 N–H and O–H groups in total. The van der Waals surface area contributed by atoms with Gasteiger partial charge in [-0.05, 0) is 161 Å². The Bertz CT molecular complexity index is 2910. The fourth-order valence-electron chi connectivity index (χ4n) is 11.7. The van der Waals surface area contributed by atoms with Crippen molar-refractivity contribution in [2.24, 2.45) is 0 Å². The summed E-state index contributed by atoms with van der Waals surface area (Å²) in [7, 11) is 13.2. The molecule has 0 aromatic carbocycles. The van der Waals surface area contributed by atoms with Gasteiger partial charge in [-0.1, -0.05) is 494 Å². The molecule has 2 rings (SSSR count). The number of allylic oxidation sites excluding steroid dienone is 37. The van der Waals surface area contributed by atoms with Crippen LogP contribution in [0.4, 0.5) is 0 Å². The highest BCUT2D eigenvalue weighted by Crippen LogP contribution is 2.29. The molecule has 0 aromatic rings. The fraction of sp³-hybridized carbons (Fsp3) is 0.545. The number of hydrogen-bond acceptors (Lipinski definition) is 7. The van der Waals surface area contributed by atoms with E-state index in [-0.39, 0.29) is 30.5 Å². The third kappa shape index (κ3) is 100. The molecule has 0 aromatic heterocycles. The summed E-state index contributed by atoms with van der Waals surface area (Å²) in [6, 6.07) is 0. The molecular formula is C110H183O7P7. The lowest BCUT2D eigenvalue weighted by atomic mass is 10.1. The Balaban J connectivity index is -0.00000148. The van der Waals surface area contributed by atoms with E-state index in [1.807, 2.05) is 48.6 Å². The number of hydrogen-bond donors (Lipinski definition) is 0. The first-order valence-electron chi connectivity index (χ1n) is 48.3. The molecule has 2 aliphatic heterocycles. The van der Waals surface area contributed by atoms with Crippen molar-refractivity contribution in [1.82, 2.24) is 0 Å². The Labute approximate surface area is 781 Å². The first kappa shape index (κ1) is 124. The highest BCUT2D eigenvalue weighted by Gasteiger charge is 2.35. The largest absolute Gasteiger partial charge is 0.365 e. The first-order chi connectivity index (χ1) is 61.2. The second-order valence-corrected chi connectivity index (χ2v) is 33.6. The maximum Gasteiger partial charge on any atom is 0.103 e. The highest BCUT2D eigenvalue weighted by atomic mass is 32.0. The topological polar surface area (TPSA) is 71.2 Å². The molecule has 0 radical (unpaired) electrons. The average Bonchev–Trinajstić information content (AvgIpc) is 1.71. The van der Waals surface area contributed by atoms with E-state index in [0.29, 0.717) is 41.4 Å². The molecule has 0 amide bonds. The van der Waals surface area contributed by atoms with E-state index >= 15 is 0 Å². The Morgan fingerprint density at radius 2 is 0.508 bits per heavy atom. The van der Waals surface area contributed by atoms with Gasteiger partial charge in [0.05, 0.1) is 42.7 Å². The number of rotatable bonds is 75. The third-order valence-corrected chi connectivity index (χ3v) is 21.9. The van der Waals surface area contributed by atoms with Gasteiger partial charge in [-0.3, -0.25) is 0 Å². The van der Waals surface area contributed by atoms with E-state index in [1.54, 1.807) is 0 Å². The lowest BCUT2D eigenvalue weighted by Crippen LogP contribution is -2.02. The zero-order valence-electron chi connectivity index (χ0n) is 79.8. The van der Waals surface area contributed by atoms with Crippen molar-refractivity contribution in [2.45, 2.75) is 387 Å². The van der Waals surface area contributed by atoms with Crippen LogP contribution in [0.2, 0.25) is 0 Å². The van der Waals surface area contributed by atoms with Crippen LogP contribution < -0.4 is 0 Å². The second-order valence-electron chi connectivity index (χ2n) is 30.4. The second kappa shape index (κ2) is 110. The lowest BCUT2D eigenvalue weighted by Gasteiger charge is -2.09. The van der Waals surface area contributed by atoms with Gasteiger partial charge in [0, 0.05) is 45.4 Å². The summed E-state index contributed by atoms with van der Waals surface area (Å²) in [5, 5.41) is 0. The van der Waals surface area contributed by atoms with Crippen molar-refractivity contribution in [3.8, 4) is 0 Å². The number of unbranched alkanes of at least 4 members (excludes halogenated alkanes) is 19. The summed E-state index contributed by atoms with van der Waals surface area (Å²) < 4.78 is 38.8. The van der Waals surface area contributed by atoms with Crippen molar-refractivity contribution in [2.75, 3.05) is 0 Å². The minimum Gasteiger partial charge on any atom is -0.365 e. The first-order valence-corrected chi connectivity index (χ1v) is 55.1. The lowest BCUT2D eigenvalue weighted by molar-refractivity contribution is 0.274. The van der Waals surface area contributed by atoms with Crippen molar-refractivity contribution in [3.63, 3.8) is 0 Å². The molecule has 0 bridgehead atoms. The van der Waals surface area contributed by atoms with Crippen molar-refractivity contribution < 1.29 is 32.1 Å². The Kier molecular flexibility index (Phi) is 110. The van der Waals surface area contributed by atoms with Crippen molar-refractivity contribution in [3.05, 3.63) is 304 Å². The number of ether oxygens (including phenoxy) is 2. The van der Waals surface area contributed by atoms with Crippen LogP contribution in [0.3, 0.4) is 0 Å². The summed E-state index contributed by atoms with van der Waals surface area (Å²) >= 11 is 0. The van der Waals surface area contributed by atoms with Gasteiger partial charge in [-0.15, -0.1) is 0 Å². The molecule has 16 unspecified atom stereocenters. The minimum absolute atomic E-state index is 0.101. The van der Waals surface area contributed by atoms with Gasteiger partial charge in [0.15, 0.2) is 0 Å². The fourth-order valence-corrected chi connectivity index (χ4v) is 14.0. The van der Waals surface area contributed by atoms with Gasteiger partial charge in [0.25, 0.3) is 0 Å². The maximum absolute atomic E-state index is 5.71. The summed E-state index contributed by atoms with van der Waals surface area (Å²) in [4.78, 5) is 0. The Morgan fingerprint density at radius 1 is 0.250 bits per heavy atom. The van der Waals surface area contributed by atoms with Crippen LogP contribution in [0, 0.1) is 0 Å². The van der Waals surface area contributed by atoms with E-state index < -0.39 is 0 Å². The zero-order valence-corrected chi connectivity index (χ0v) is 87.6. The molecule has 2 saturated heterocycles. The molecule has 16 atom stereocenters. The number of epoxide rings is 2. The molecule has 0 aliphatic carbocycles. The molecular weight excluding hydrogens is 1650 g/mol. The van der Waals surface area contributed by atoms with Crippen LogP contribution in [-0.2, 0) is 32.1 Å². The van der Waals surface area contributed by atoms with Crippen LogP contribution in [-0.4, -0.2) is 54.9 Å². The maximum atomic E-state index is 5.71. The third-order valence-electron chi connectivity index (χ3n) is 19.1. The normalized spacial score (nSPS) is 17.7. The molecule has 2 fully saturated rings. The Morgan fingerprint density at radius 3 is 0.855 bits per heavy atom. The van der Waals surface area contributed by atoms with E-state index in [9.17, 15) is 0 Å². The van der Waals surface area contributed by atoms with E-state index in [0.717, 1.165) is 109 Å². The van der Waals surface area contributed by atoms with E-state index in [2.05, 4.69) is 371 Å². The van der Waals surface area contributed by atoms with Gasteiger partial charge < -0.3 is 32.1 Å². The quantitative estimate of drug-likeness (QED) is 0.0198. The minimum atomic E-state index is 0.101. The average molecular weight is 1830 g/mol. The van der Waals surface area contributed by atoms with Crippen molar-refractivity contribution in [1.29, 1.82) is 0 Å². The molecule has 0 spiro atoms.